The first-order valence-corrected chi connectivity index (χ1v) is 11.7. The Morgan fingerprint density at radius 1 is 1.09 bits per heavy atom. The van der Waals surface area contributed by atoms with Gasteiger partial charge < -0.3 is 24.6 Å². The fraction of sp³-hybridized carbons (Fsp3) is 0.346. The van der Waals surface area contributed by atoms with E-state index in [-0.39, 0.29) is 11.8 Å². The second-order valence-corrected chi connectivity index (χ2v) is 10.0. The lowest BCUT2D eigenvalue weighted by Gasteiger charge is -2.41. The van der Waals surface area contributed by atoms with Crippen molar-refractivity contribution in [3.63, 3.8) is 0 Å². The molecule has 1 fully saturated rings. The second kappa shape index (κ2) is 8.09. The van der Waals surface area contributed by atoms with Gasteiger partial charge in [-0.3, -0.25) is 4.98 Å². The molecule has 2 aliphatic rings. The molecule has 5 rings (SSSR count). The van der Waals surface area contributed by atoms with E-state index in [1.807, 2.05) is 73.6 Å². The lowest BCUT2D eigenvalue weighted by Crippen LogP contribution is -2.52. The van der Waals surface area contributed by atoms with Crippen molar-refractivity contribution in [1.29, 1.82) is 0 Å². The van der Waals surface area contributed by atoms with Crippen molar-refractivity contribution >= 4 is 15.9 Å². The van der Waals surface area contributed by atoms with Gasteiger partial charge in [-0.2, -0.15) is 0 Å². The molecule has 1 aliphatic heterocycles. The van der Waals surface area contributed by atoms with E-state index in [4.69, 9.17) is 9.47 Å². The number of aromatic nitrogens is 1. The first-order valence-electron chi connectivity index (χ1n) is 10.9. The van der Waals surface area contributed by atoms with E-state index in [1.165, 1.54) is 7.11 Å². The fourth-order valence-corrected chi connectivity index (χ4v) is 6.12. The molecule has 1 aromatic heterocycles. The van der Waals surface area contributed by atoms with Crippen LogP contribution in [0.1, 0.15) is 22.6 Å². The average molecular weight is 511 g/mol. The highest BCUT2D eigenvalue weighted by molar-refractivity contribution is 9.10. The Morgan fingerprint density at radius 3 is 2.42 bits per heavy atom. The smallest absolute Gasteiger partial charge is 0.177 e. The average Bonchev–Trinajstić information content (AvgIpc) is 3.18. The number of aliphatic hydroxyl groups is 2. The molecule has 2 unspecified atom stereocenters. The highest BCUT2D eigenvalue weighted by atomic mass is 79.9. The Balaban J connectivity index is 1.86. The molecule has 0 amide bonds. The first kappa shape index (κ1) is 22.3. The highest BCUT2D eigenvalue weighted by Gasteiger charge is 2.76. The number of ether oxygens (including phenoxy) is 2. The van der Waals surface area contributed by atoms with Gasteiger partial charge in [-0.05, 0) is 37.4 Å². The summed E-state index contributed by atoms with van der Waals surface area (Å²) in [5, 5.41) is 24.5. The summed E-state index contributed by atoms with van der Waals surface area (Å²) in [5.74, 6) is 0.148. The summed E-state index contributed by atoms with van der Waals surface area (Å²) in [7, 11) is 5.48. The van der Waals surface area contributed by atoms with Gasteiger partial charge >= 0.3 is 0 Å². The molecule has 1 saturated carbocycles. The van der Waals surface area contributed by atoms with Gasteiger partial charge in [-0.15, -0.1) is 0 Å². The molecule has 33 heavy (non-hydrogen) atoms. The van der Waals surface area contributed by atoms with Crippen LogP contribution in [0, 0.1) is 5.92 Å². The number of nitrogens with zero attached hydrogens (tertiary/aromatic N) is 2. The number of rotatable bonds is 5. The quantitative estimate of drug-likeness (QED) is 0.545. The van der Waals surface area contributed by atoms with Gasteiger partial charge in [0.15, 0.2) is 11.2 Å². The minimum absolute atomic E-state index is 0.318. The summed E-state index contributed by atoms with van der Waals surface area (Å²) in [6, 6.07) is 17.7. The lowest BCUT2D eigenvalue weighted by atomic mass is 9.70. The van der Waals surface area contributed by atoms with Gasteiger partial charge in [0.05, 0.1) is 31.2 Å². The Morgan fingerprint density at radius 2 is 1.79 bits per heavy atom. The predicted molar refractivity (Wildman–Crippen MR) is 128 cm³/mol. The third-order valence-corrected chi connectivity index (χ3v) is 7.55. The van der Waals surface area contributed by atoms with Crippen LogP contribution in [-0.4, -0.2) is 54.0 Å². The zero-order valence-corrected chi connectivity index (χ0v) is 20.4. The summed E-state index contributed by atoms with van der Waals surface area (Å²) in [5.41, 5.74) is -0.834. The summed E-state index contributed by atoms with van der Waals surface area (Å²) in [6.07, 6.45) is 2.03. The van der Waals surface area contributed by atoms with Gasteiger partial charge in [-0.1, -0.05) is 58.4 Å². The standard InChI is InChI=1S/C26H27BrN2O4/c1-29(2)15-19-22(16-7-5-4-6-8-16)26(17-9-11-18(27)12-10-17)25(31,24(19)30)23-20(32-3)13-28-14-21(23)33-26/h4-14,19,22,24,30-31H,15H2,1-3H3/t19?,22?,24-,25+,26+/m1/s1. The number of aliphatic hydroxyl groups excluding tert-OH is 1. The Kier molecular flexibility index (Phi) is 5.48. The van der Waals surface area contributed by atoms with Crippen LogP contribution in [0.25, 0.3) is 0 Å². The Labute approximate surface area is 201 Å². The molecule has 2 heterocycles. The molecule has 2 aromatic carbocycles. The molecular formula is C26H27BrN2O4. The molecular weight excluding hydrogens is 484 g/mol. The highest BCUT2D eigenvalue weighted by Crippen LogP contribution is 2.69. The normalized spacial score (nSPS) is 30.1. The van der Waals surface area contributed by atoms with E-state index >= 15 is 0 Å². The van der Waals surface area contributed by atoms with Gasteiger partial charge in [0, 0.05) is 22.9 Å². The monoisotopic (exact) mass is 510 g/mol. The van der Waals surface area contributed by atoms with Crippen molar-refractivity contribution in [3.8, 4) is 11.5 Å². The summed E-state index contributed by atoms with van der Waals surface area (Å²) >= 11 is 3.52. The number of pyridine rings is 1. The Bertz CT molecular complexity index is 1160. The summed E-state index contributed by atoms with van der Waals surface area (Å²) in [4.78, 5) is 6.29. The fourth-order valence-electron chi connectivity index (χ4n) is 5.85. The number of benzene rings is 2. The van der Waals surface area contributed by atoms with Crippen LogP contribution in [-0.2, 0) is 11.2 Å². The zero-order valence-electron chi connectivity index (χ0n) is 18.8. The maximum absolute atomic E-state index is 12.6. The largest absolute Gasteiger partial charge is 0.495 e. The first-order chi connectivity index (χ1) is 15.8. The van der Waals surface area contributed by atoms with E-state index in [2.05, 4.69) is 20.9 Å². The van der Waals surface area contributed by atoms with Crippen LogP contribution in [0.5, 0.6) is 11.5 Å². The predicted octanol–water partition coefficient (Wildman–Crippen LogP) is 3.66. The maximum Gasteiger partial charge on any atom is 0.177 e. The van der Waals surface area contributed by atoms with Crippen molar-refractivity contribution in [2.24, 2.45) is 5.92 Å². The maximum atomic E-state index is 12.6. The molecule has 172 valence electrons. The van der Waals surface area contributed by atoms with E-state index in [1.54, 1.807) is 12.4 Å². The van der Waals surface area contributed by atoms with Gasteiger partial charge in [0.25, 0.3) is 0 Å². The number of methoxy groups -OCH3 is 1. The number of hydrogen-bond donors (Lipinski definition) is 2. The molecule has 0 spiro atoms. The SMILES string of the molecule is COc1cncc2c1[C@]1(O)[C@H](O)C(CN(C)C)C(c3ccccc3)[C@]1(c1ccc(Br)cc1)O2. The van der Waals surface area contributed by atoms with Gasteiger partial charge in [0.2, 0.25) is 0 Å². The molecule has 7 heteroatoms. The number of hydrogen-bond acceptors (Lipinski definition) is 6. The lowest BCUT2D eigenvalue weighted by molar-refractivity contribution is -0.152. The van der Waals surface area contributed by atoms with E-state index in [9.17, 15) is 10.2 Å². The van der Waals surface area contributed by atoms with Crippen molar-refractivity contribution < 1.29 is 19.7 Å². The minimum atomic E-state index is -1.76. The van der Waals surface area contributed by atoms with Gasteiger partial charge in [0.1, 0.15) is 11.5 Å². The Hall–Kier alpha value is -2.45. The molecule has 0 saturated heterocycles. The van der Waals surface area contributed by atoms with Crippen LogP contribution in [0.3, 0.4) is 0 Å². The molecule has 1 aliphatic carbocycles. The van der Waals surface area contributed by atoms with Crippen LogP contribution in [0.15, 0.2) is 71.5 Å². The van der Waals surface area contributed by atoms with E-state index < -0.39 is 17.3 Å². The number of halogens is 1. The van der Waals surface area contributed by atoms with E-state index in [0.717, 1.165) is 15.6 Å². The van der Waals surface area contributed by atoms with Crippen LogP contribution >= 0.6 is 15.9 Å². The van der Waals surface area contributed by atoms with Crippen molar-refractivity contribution in [2.45, 2.75) is 23.2 Å². The summed E-state index contributed by atoms with van der Waals surface area (Å²) in [6.45, 7) is 0.563. The second-order valence-electron chi connectivity index (χ2n) is 9.09. The van der Waals surface area contributed by atoms with Gasteiger partial charge in [-0.25, -0.2) is 0 Å². The molecule has 3 aromatic rings. The zero-order chi connectivity index (χ0) is 23.4. The third-order valence-electron chi connectivity index (χ3n) is 7.02. The third kappa shape index (κ3) is 3.06. The van der Waals surface area contributed by atoms with Crippen molar-refractivity contribution in [1.82, 2.24) is 9.88 Å². The molecule has 6 nitrogen and oxygen atoms in total. The number of fused-ring (bicyclic) bond motifs is 3. The van der Waals surface area contributed by atoms with E-state index in [0.29, 0.717) is 23.6 Å². The molecule has 2 N–H and O–H groups in total. The topological polar surface area (TPSA) is 75.0 Å². The van der Waals surface area contributed by atoms with Crippen molar-refractivity contribution in [3.05, 3.63) is 88.2 Å². The van der Waals surface area contributed by atoms with Crippen LogP contribution in [0.4, 0.5) is 0 Å². The summed E-state index contributed by atoms with van der Waals surface area (Å²) < 4.78 is 13.3. The molecule has 0 radical (unpaired) electrons. The van der Waals surface area contributed by atoms with Crippen LogP contribution in [0.2, 0.25) is 0 Å². The molecule has 5 atom stereocenters. The molecule has 0 bridgehead atoms. The minimum Gasteiger partial charge on any atom is -0.495 e. The van der Waals surface area contributed by atoms with Crippen molar-refractivity contribution in [2.75, 3.05) is 27.7 Å². The van der Waals surface area contributed by atoms with Crippen LogP contribution < -0.4 is 9.47 Å².